The molecule has 0 unspecified atom stereocenters. The smallest absolute Gasteiger partial charge is 0.207 e. The predicted octanol–water partition coefficient (Wildman–Crippen LogP) is 5.01. The minimum atomic E-state index is 0.582. The van der Waals surface area contributed by atoms with Crippen LogP contribution in [0.3, 0.4) is 0 Å². The first-order valence-corrected chi connectivity index (χ1v) is 7.60. The molecule has 3 rings (SSSR count). The van der Waals surface area contributed by atoms with Crippen LogP contribution in [0.1, 0.15) is 43.0 Å². The quantitative estimate of drug-likeness (QED) is 0.860. The van der Waals surface area contributed by atoms with E-state index < -0.39 is 0 Å². The van der Waals surface area contributed by atoms with Crippen molar-refractivity contribution in [2.24, 2.45) is 0 Å². The number of hydrogen-bond acceptors (Lipinski definition) is 2. The van der Waals surface area contributed by atoms with E-state index in [-0.39, 0.29) is 0 Å². The fourth-order valence-electron chi connectivity index (χ4n) is 2.93. The number of benzene rings is 1. The standard InChI is InChI=1S/C16H20ClN3/c1-11-10-20(13-6-3-4-7-13)16(18-11)19-15-9-5-8-14(17)12(15)2/h5,8-10,13H,3-4,6-7H2,1-2H3,(H,18,19). The summed E-state index contributed by atoms with van der Waals surface area (Å²) in [7, 11) is 0. The summed E-state index contributed by atoms with van der Waals surface area (Å²) in [5.74, 6) is 0.930. The van der Waals surface area contributed by atoms with Gasteiger partial charge in [0.15, 0.2) is 0 Å². The molecule has 1 aromatic carbocycles. The van der Waals surface area contributed by atoms with Crippen molar-refractivity contribution in [2.75, 3.05) is 5.32 Å². The zero-order chi connectivity index (χ0) is 14.1. The lowest BCUT2D eigenvalue weighted by molar-refractivity contribution is 0.524. The molecule has 1 aliphatic carbocycles. The van der Waals surface area contributed by atoms with E-state index in [0.717, 1.165) is 27.9 Å². The molecule has 1 aliphatic rings. The van der Waals surface area contributed by atoms with Gasteiger partial charge in [-0.3, -0.25) is 0 Å². The zero-order valence-electron chi connectivity index (χ0n) is 12.0. The first-order valence-electron chi connectivity index (χ1n) is 7.23. The lowest BCUT2D eigenvalue weighted by Gasteiger charge is -2.16. The summed E-state index contributed by atoms with van der Waals surface area (Å²) >= 11 is 6.18. The van der Waals surface area contributed by atoms with Gasteiger partial charge in [0.1, 0.15) is 0 Å². The number of aromatic nitrogens is 2. The molecule has 2 aromatic rings. The van der Waals surface area contributed by atoms with Gasteiger partial charge in [-0.15, -0.1) is 0 Å². The van der Waals surface area contributed by atoms with Crippen molar-refractivity contribution in [3.05, 3.63) is 40.7 Å². The number of anilines is 2. The number of hydrogen-bond donors (Lipinski definition) is 1. The highest BCUT2D eigenvalue weighted by molar-refractivity contribution is 6.31. The number of rotatable bonds is 3. The molecule has 1 aromatic heterocycles. The van der Waals surface area contributed by atoms with Gasteiger partial charge in [0.05, 0.1) is 5.69 Å². The number of nitrogens with one attached hydrogen (secondary N) is 1. The highest BCUT2D eigenvalue weighted by Gasteiger charge is 2.20. The second-order valence-corrected chi connectivity index (χ2v) is 6.00. The lowest BCUT2D eigenvalue weighted by Crippen LogP contribution is -2.08. The van der Waals surface area contributed by atoms with E-state index in [9.17, 15) is 0 Å². The third kappa shape index (κ3) is 2.55. The van der Waals surface area contributed by atoms with Gasteiger partial charge in [0.2, 0.25) is 5.95 Å². The SMILES string of the molecule is Cc1cn(C2CCCC2)c(Nc2cccc(Cl)c2C)n1. The van der Waals surface area contributed by atoms with E-state index in [4.69, 9.17) is 11.6 Å². The summed E-state index contributed by atoms with van der Waals surface area (Å²) in [5, 5.41) is 4.23. The highest BCUT2D eigenvalue weighted by atomic mass is 35.5. The van der Waals surface area contributed by atoms with Crippen molar-refractivity contribution >= 4 is 23.2 Å². The van der Waals surface area contributed by atoms with Crippen LogP contribution in [0.25, 0.3) is 0 Å². The minimum Gasteiger partial charge on any atom is -0.325 e. The van der Waals surface area contributed by atoms with Crippen molar-refractivity contribution in [2.45, 2.75) is 45.6 Å². The number of imidazole rings is 1. The van der Waals surface area contributed by atoms with Crippen molar-refractivity contribution in [1.82, 2.24) is 9.55 Å². The zero-order valence-corrected chi connectivity index (χ0v) is 12.7. The molecule has 1 saturated carbocycles. The molecule has 3 nitrogen and oxygen atoms in total. The molecule has 0 radical (unpaired) electrons. The maximum atomic E-state index is 6.18. The number of nitrogens with zero attached hydrogens (tertiary/aromatic N) is 2. The molecule has 0 aliphatic heterocycles. The summed E-state index contributed by atoms with van der Waals surface area (Å²) < 4.78 is 2.29. The van der Waals surface area contributed by atoms with Crippen LogP contribution in [0.15, 0.2) is 24.4 Å². The van der Waals surface area contributed by atoms with Gasteiger partial charge in [-0.25, -0.2) is 4.98 Å². The highest BCUT2D eigenvalue weighted by Crippen LogP contribution is 2.33. The molecule has 0 spiro atoms. The van der Waals surface area contributed by atoms with Crippen LogP contribution in [-0.4, -0.2) is 9.55 Å². The molecule has 0 atom stereocenters. The summed E-state index contributed by atoms with van der Waals surface area (Å²) in [6.45, 7) is 4.07. The molecule has 0 saturated heterocycles. The van der Waals surface area contributed by atoms with Gasteiger partial charge >= 0.3 is 0 Å². The Morgan fingerprint density at radius 2 is 2.00 bits per heavy atom. The van der Waals surface area contributed by atoms with Crippen LogP contribution in [0.2, 0.25) is 5.02 Å². The van der Waals surface area contributed by atoms with E-state index in [1.54, 1.807) is 0 Å². The summed E-state index contributed by atoms with van der Waals surface area (Å²) in [4.78, 5) is 4.63. The summed E-state index contributed by atoms with van der Waals surface area (Å²) in [5.41, 5.74) is 3.15. The van der Waals surface area contributed by atoms with Crippen LogP contribution in [-0.2, 0) is 0 Å². The molecule has 4 heteroatoms. The van der Waals surface area contributed by atoms with E-state index in [2.05, 4.69) is 21.1 Å². The van der Waals surface area contributed by atoms with Crippen LogP contribution in [0.4, 0.5) is 11.6 Å². The number of aryl methyl sites for hydroxylation is 1. The van der Waals surface area contributed by atoms with Crippen molar-refractivity contribution in [3.8, 4) is 0 Å². The fraction of sp³-hybridized carbons (Fsp3) is 0.438. The molecular formula is C16H20ClN3. The van der Waals surface area contributed by atoms with E-state index in [1.165, 1.54) is 25.7 Å². The van der Waals surface area contributed by atoms with Crippen LogP contribution >= 0.6 is 11.6 Å². The molecule has 106 valence electrons. The Morgan fingerprint density at radius 1 is 1.25 bits per heavy atom. The van der Waals surface area contributed by atoms with Crippen LogP contribution < -0.4 is 5.32 Å². The van der Waals surface area contributed by atoms with Gasteiger partial charge in [-0.1, -0.05) is 30.5 Å². The van der Waals surface area contributed by atoms with Crippen LogP contribution in [0, 0.1) is 13.8 Å². The largest absolute Gasteiger partial charge is 0.325 e. The first kappa shape index (κ1) is 13.5. The molecular weight excluding hydrogens is 270 g/mol. The summed E-state index contributed by atoms with van der Waals surface area (Å²) in [6, 6.07) is 6.51. The van der Waals surface area contributed by atoms with Gasteiger partial charge in [-0.05, 0) is 44.4 Å². The minimum absolute atomic E-state index is 0.582. The Morgan fingerprint density at radius 3 is 2.75 bits per heavy atom. The van der Waals surface area contributed by atoms with Gasteiger partial charge < -0.3 is 9.88 Å². The Bertz CT molecular complexity index is 612. The fourth-order valence-corrected chi connectivity index (χ4v) is 3.11. The monoisotopic (exact) mass is 289 g/mol. The Labute approximate surface area is 125 Å². The van der Waals surface area contributed by atoms with Crippen molar-refractivity contribution < 1.29 is 0 Å². The second kappa shape index (κ2) is 5.49. The lowest BCUT2D eigenvalue weighted by atomic mass is 10.2. The molecule has 0 amide bonds. The van der Waals surface area contributed by atoms with Gasteiger partial charge in [0, 0.05) is 22.9 Å². The number of halogens is 1. The second-order valence-electron chi connectivity index (χ2n) is 5.59. The van der Waals surface area contributed by atoms with E-state index >= 15 is 0 Å². The maximum absolute atomic E-state index is 6.18. The average molecular weight is 290 g/mol. The van der Waals surface area contributed by atoms with E-state index in [0.29, 0.717) is 6.04 Å². The molecule has 1 heterocycles. The average Bonchev–Trinajstić information content (AvgIpc) is 3.04. The Hall–Kier alpha value is -1.48. The predicted molar refractivity (Wildman–Crippen MR) is 83.9 cm³/mol. The molecule has 1 fully saturated rings. The molecule has 0 bridgehead atoms. The molecule has 20 heavy (non-hydrogen) atoms. The normalized spacial score (nSPS) is 15.8. The van der Waals surface area contributed by atoms with E-state index in [1.807, 2.05) is 32.0 Å². The molecule has 1 N–H and O–H groups in total. The Balaban J connectivity index is 1.92. The van der Waals surface area contributed by atoms with Crippen molar-refractivity contribution in [3.63, 3.8) is 0 Å². The van der Waals surface area contributed by atoms with Crippen LogP contribution in [0.5, 0.6) is 0 Å². The third-order valence-electron chi connectivity index (χ3n) is 4.08. The summed E-state index contributed by atoms with van der Waals surface area (Å²) in [6.07, 6.45) is 7.28. The van der Waals surface area contributed by atoms with Gasteiger partial charge in [-0.2, -0.15) is 0 Å². The Kier molecular flexibility index (Phi) is 3.70. The van der Waals surface area contributed by atoms with Crippen molar-refractivity contribution in [1.29, 1.82) is 0 Å². The van der Waals surface area contributed by atoms with Gasteiger partial charge in [0.25, 0.3) is 0 Å². The topological polar surface area (TPSA) is 29.9 Å². The maximum Gasteiger partial charge on any atom is 0.207 e. The first-order chi connectivity index (χ1) is 9.65. The third-order valence-corrected chi connectivity index (χ3v) is 4.49.